The van der Waals surface area contributed by atoms with Crippen LogP contribution in [0.1, 0.15) is 29.7 Å². The molecule has 1 aliphatic heterocycles. The Morgan fingerprint density at radius 1 is 0.836 bits per heavy atom. The van der Waals surface area contributed by atoms with Crippen molar-refractivity contribution in [3.05, 3.63) is 101 Å². The summed E-state index contributed by atoms with van der Waals surface area (Å²) in [6, 6.07) is 19.5. The van der Waals surface area contributed by atoms with E-state index in [2.05, 4.69) is 24.0 Å². The summed E-state index contributed by atoms with van der Waals surface area (Å²) in [7, 11) is -2.50. The molecule has 0 atom stereocenters. The molecule has 19 heteroatoms. The number of likely N-dealkylation sites (tertiary alicyclic amines) is 1. The molecule has 0 spiro atoms. The number of nitrogens with one attached hydrogen (secondary N) is 1. The number of rotatable bonds is 22. The predicted molar refractivity (Wildman–Crippen MR) is 221 cm³/mol. The van der Waals surface area contributed by atoms with Crippen LogP contribution in [0.4, 0.5) is 19.1 Å². The molecule has 1 N–H and O–H groups in total. The number of aromatic nitrogens is 3. The number of anilines is 1. The highest BCUT2D eigenvalue weighted by Crippen LogP contribution is 2.40. The molecule has 5 aromatic rings. The molecule has 1 fully saturated rings. The van der Waals surface area contributed by atoms with Crippen LogP contribution in [0.3, 0.4) is 0 Å². The molecule has 2 aromatic heterocycles. The van der Waals surface area contributed by atoms with Crippen LogP contribution in [0.2, 0.25) is 0 Å². The van der Waals surface area contributed by atoms with Gasteiger partial charge < -0.3 is 28.4 Å². The summed E-state index contributed by atoms with van der Waals surface area (Å²) < 4.78 is 107. The molecule has 3 aromatic carbocycles. The molecule has 0 unspecified atom stereocenters. The van der Waals surface area contributed by atoms with E-state index in [-0.39, 0.29) is 34.0 Å². The van der Waals surface area contributed by atoms with E-state index in [1.54, 1.807) is 43.6 Å². The number of nitriles is 1. The lowest BCUT2D eigenvalue weighted by molar-refractivity contribution is -0.137. The van der Waals surface area contributed by atoms with Crippen molar-refractivity contribution in [1.29, 1.82) is 5.26 Å². The molecule has 14 nitrogen and oxygen atoms in total. The number of methoxy groups -OCH3 is 1. The fourth-order valence-electron chi connectivity index (χ4n) is 6.42. The Labute approximate surface area is 356 Å². The van der Waals surface area contributed by atoms with Crippen LogP contribution in [-0.2, 0) is 46.4 Å². The fourth-order valence-corrected chi connectivity index (χ4v) is 7.84. The maximum absolute atomic E-state index is 13.7. The van der Waals surface area contributed by atoms with Gasteiger partial charge >= 0.3 is 6.18 Å². The van der Waals surface area contributed by atoms with Crippen LogP contribution in [-0.4, -0.2) is 107 Å². The maximum Gasteiger partial charge on any atom is 0.416 e. The van der Waals surface area contributed by atoms with Crippen LogP contribution in [0.25, 0.3) is 22.3 Å². The van der Waals surface area contributed by atoms with Gasteiger partial charge in [0.25, 0.3) is 10.0 Å². The molecule has 6 rings (SSSR count). The fraction of sp³-hybridized carbons (Fsp3) is 0.381. The van der Waals surface area contributed by atoms with Gasteiger partial charge in [-0.25, -0.2) is 18.1 Å². The van der Waals surface area contributed by atoms with Gasteiger partial charge in [0.15, 0.2) is 0 Å². The molecule has 1 aliphatic rings. The van der Waals surface area contributed by atoms with Crippen LogP contribution < -0.4 is 9.46 Å². The van der Waals surface area contributed by atoms with E-state index in [0.29, 0.717) is 81.7 Å². The normalized spacial score (nSPS) is 13.9. The Balaban J connectivity index is 1.12. The topological polar surface area (TPSA) is 167 Å². The summed E-state index contributed by atoms with van der Waals surface area (Å²) in [6.45, 7) is 6.13. The summed E-state index contributed by atoms with van der Waals surface area (Å²) in [5.74, 6) is 0.246. The van der Waals surface area contributed by atoms with Gasteiger partial charge in [0.2, 0.25) is 5.95 Å². The van der Waals surface area contributed by atoms with Gasteiger partial charge in [-0.1, -0.05) is 18.2 Å². The van der Waals surface area contributed by atoms with Crippen molar-refractivity contribution in [2.45, 2.75) is 36.6 Å². The van der Waals surface area contributed by atoms with Gasteiger partial charge in [-0.3, -0.25) is 9.88 Å². The molecule has 0 bridgehead atoms. The van der Waals surface area contributed by atoms with E-state index in [0.717, 1.165) is 55.3 Å². The molecule has 0 amide bonds. The van der Waals surface area contributed by atoms with E-state index >= 15 is 0 Å². The standard InChI is InChI=1S/C42H45F3N6O8S2/c1-54-15-16-55-17-18-56-19-20-57-21-22-58-36-10-13-51(14-11-36)28-35-24-32(9-12-47-35)38-26-31(30-3-2-4-34(23-30)42(43,44)45)5-7-40(38)59-39-8-6-37(25-33(39)27-46)61(52,53)50-41-48-29-60-49-41/h2-9,12,23-26,29,36H,10-11,13-22,28H2,1H3,(H,49,50). The molecule has 0 aliphatic carbocycles. The Morgan fingerprint density at radius 3 is 2.23 bits per heavy atom. The second-order valence-corrected chi connectivity index (χ2v) is 16.0. The van der Waals surface area contributed by atoms with Crippen LogP contribution >= 0.6 is 11.5 Å². The Hall–Kier alpha value is -5.04. The number of piperidine rings is 1. The second kappa shape index (κ2) is 22.2. The lowest BCUT2D eigenvalue weighted by Gasteiger charge is -2.31. The minimum Gasteiger partial charge on any atom is -0.455 e. The third kappa shape index (κ3) is 13.5. The molecular weight excluding hydrogens is 838 g/mol. The first-order valence-corrected chi connectivity index (χ1v) is 21.7. The molecule has 1 saturated heterocycles. The zero-order valence-electron chi connectivity index (χ0n) is 33.3. The summed E-state index contributed by atoms with van der Waals surface area (Å²) in [5.41, 5.74) is 3.31. The summed E-state index contributed by atoms with van der Waals surface area (Å²) in [5, 5.41) is 10.0. The third-order valence-electron chi connectivity index (χ3n) is 9.50. The number of hydrogen-bond donors (Lipinski definition) is 1. The van der Waals surface area contributed by atoms with Gasteiger partial charge in [0.05, 0.1) is 80.7 Å². The zero-order chi connectivity index (χ0) is 43.1. The first-order chi connectivity index (χ1) is 29.5. The Bertz CT molecular complexity index is 2320. The molecule has 3 heterocycles. The summed E-state index contributed by atoms with van der Waals surface area (Å²) in [6.07, 6.45) is -1.10. The monoisotopic (exact) mass is 882 g/mol. The van der Waals surface area contributed by atoms with Crippen LogP contribution in [0.15, 0.2) is 89.4 Å². The number of alkyl halides is 3. The van der Waals surface area contributed by atoms with E-state index in [1.165, 1.54) is 29.8 Å². The van der Waals surface area contributed by atoms with Gasteiger partial charge in [-0.05, 0) is 95.7 Å². The Kier molecular flexibility index (Phi) is 16.5. The van der Waals surface area contributed by atoms with Gasteiger partial charge in [-0.2, -0.15) is 22.8 Å². The van der Waals surface area contributed by atoms with Crippen molar-refractivity contribution in [1.82, 2.24) is 19.2 Å². The average molecular weight is 883 g/mol. The number of sulfonamides is 1. The van der Waals surface area contributed by atoms with E-state index in [4.69, 9.17) is 28.4 Å². The average Bonchev–Trinajstić information content (AvgIpc) is 3.77. The van der Waals surface area contributed by atoms with Crippen molar-refractivity contribution in [2.75, 3.05) is 77.8 Å². The molecule has 61 heavy (non-hydrogen) atoms. The smallest absolute Gasteiger partial charge is 0.416 e. The van der Waals surface area contributed by atoms with E-state index in [1.807, 2.05) is 12.1 Å². The number of halogens is 3. The third-order valence-corrected chi connectivity index (χ3v) is 11.3. The van der Waals surface area contributed by atoms with Gasteiger partial charge in [-0.15, -0.1) is 0 Å². The van der Waals surface area contributed by atoms with Gasteiger partial charge in [0.1, 0.15) is 23.1 Å². The van der Waals surface area contributed by atoms with Gasteiger partial charge in [0, 0.05) is 38.5 Å². The highest BCUT2D eigenvalue weighted by molar-refractivity contribution is 7.92. The summed E-state index contributed by atoms with van der Waals surface area (Å²) in [4.78, 5) is 10.5. The molecule has 324 valence electrons. The lowest BCUT2D eigenvalue weighted by Crippen LogP contribution is -2.37. The second-order valence-electron chi connectivity index (χ2n) is 13.7. The number of nitrogens with zero attached hydrogens (tertiary/aromatic N) is 5. The van der Waals surface area contributed by atoms with E-state index < -0.39 is 21.8 Å². The quantitative estimate of drug-likeness (QED) is 0.0683. The highest BCUT2D eigenvalue weighted by Gasteiger charge is 2.30. The molecule has 0 saturated carbocycles. The first-order valence-electron chi connectivity index (χ1n) is 19.4. The van der Waals surface area contributed by atoms with Crippen molar-refractivity contribution in [3.8, 4) is 39.8 Å². The minimum atomic E-state index is -4.53. The number of benzene rings is 3. The largest absolute Gasteiger partial charge is 0.455 e. The van der Waals surface area contributed by atoms with Crippen molar-refractivity contribution >= 4 is 27.5 Å². The van der Waals surface area contributed by atoms with Crippen molar-refractivity contribution in [3.63, 3.8) is 0 Å². The zero-order valence-corrected chi connectivity index (χ0v) is 34.9. The Morgan fingerprint density at radius 2 is 1.54 bits per heavy atom. The molecule has 0 radical (unpaired) electrons. The number of ether oxygens (including phenoxy) is 6. The van der Waals surface area contributed by atoms with Crippen molar-refractivity contribution < 1.29 is 50.0 Å². The first kappa shape index (κ1) is 45.5. The lowest BCUT2D eigenvalue weighted by atomic mass is 9.97. The van der Waals surface area contributed by atoms with Crippen molar-refractivity contribution in [2.24, 2.45) is 0 Å². The maximum atomic E-state index is 13.7. The SMILES string of the molecule is COCCOCCOCCOCCOC1CCN(Cc2cc(-c3cc(-c4cccc(C(F)(F)F)c4)ccc3Oc3ccc(S(=O)(=O)Nc4ncsn4)cc3C#N)ccn2)CC1. The minimum absolute atomic E-state index is 0.0665. The van der Waals surface area contributed by atoms with Crippen LogP contribution in [0.5, 0.6) is 11.5 Å². The summed E-state index contributed by atoms with van der Waals surface area (Å²) >= 11 is 0.972. The molecular formula is C42H45F3N6O8S2. The number of pyridine rings is 1. The number of hydrogen-bond acceptors (Lipinski definition) is 14. The van der Waals surface area contributed by atoms with E-state index in [9.17, 15) is 26.9 Å². The van der Waals surface area contributed by atoms with Crippen LogP contribution in [0, 0.1) is 11.3 Å². The predicted octanol–water partition coefficient (Wildman–Crippen LogP) is 7.43. The highest BCUT2D eigenvalue weighted by atomic mass is 32.2.